The van der Waals surface area contributed by atoms with Gasteiger partial charge in [-0.2, -0.15) is 0 Å². The summed E-state index contributed by atoms with van der Waals surface area (Å²) in [5, 5.41) is 0. The Labute approximate surface area is 417 Å². The molecule has 68 heavy (non-hydrogen) atoms. The van der Waals surface area contributed by atoms with Gasteiger partial charge in [-0.3, -0.25) is 14.4 Å². The van der Waals surface area contributed by atoms with Crippen LogP contribution in [0.1, 0.15) is 220 Å². The summed E-state index contributed by atoms with van der Waals surface area (Å²) in [6.07, 6.45) is 77.5. The number of hydrogen-bond donors (Lipinski definition) is 0. The molecule has 0 saturated carbocycles. The maximum absolute atomic E-state index is 12.8. The molecule has 0 radical (unpaired) electrons. The molecule has 0 saturated heterocycles. The fourth-order valence-corrected chi connectivity index (χ4v) is 6.88. The highest BCUT2D eigenvalue weighted by Gasteiger charge is 2.19. The number of unbranched alkanes of at least 4 members (excludes halogenated alkanes) is 15. The lowest BCUT2D eigenvalue weighted by Gasteiger charge is -2.18. The minimum absolute atomic E-state index is 0.0864. The second-order valence-electron chi connectivity index (χ2n) is 17.4. The van der Waals surface area contributed by atoms with Crippen LogP contribution in [0.15, 0.2) is 134 Å². The molecule has 382 valence electrons. The highest BCUT2D eigenvalue weighted by Crippen LogP contribution is 2.13. The van der Waals surface area contributed by atoms with Crippen LogP contribution in [0.2, 0.25) is 0 Å². The van der Waals surface area contributed by atoms with Gasteiger partial charge in [0.25, 0.3) is 0 Å². The third-order valence-electron chi connectivity index (χ3n) is 10.9. The molecule has 1 unspecified atom stereocenters. The summed E-state index contributed by atoms with van der Waals surface area (Å²) in [5.41, 5.74) is 0. The molecular formula is C62H98O6. The number of ether oxygens (including phenoxy) is 3. The first-order chi connectivity index (χ1) is 33.5. The first-order valence-corrected chi connectivity index (χ1v) is 27.2. The van der Waals surface area contributed by atoms with Gasteiger partial charge in [0.2, 0.25) is 0 Å². The predicted octanol–water partition coefficient (Wildman–Crippen LogP) is 18.3. The molecule has 1 atom stereocenters. The Morgan fingerprint density at radius 3 is 0.971 bits per heavy atom. The lowest BCUT2D eigenvalue weighted by atomic mass is 10.1. The Balaban J connectivity index is 4.51. The summed E-state index contributed by atoms with van der Waals surface area (Å²) in [4.78, 5) is 38.0. The van der Waals surface area contributed by atoms with Crippen molar-refractivity contribution in [3.63, 3.8) is 0 Å². The van der Waals surface area contributed by atoms with Crippen molar-refractivity contribution in [1.29, 1.82) is 0 Å². The van der Waals surface area contributed by atoms with Crippen LogP contribution < -0.4 is 0 Å². The van der Waals surface area contributed by atoms with E-state index in [0.717, 1.165) is 122 Å². The monoisotopic (exact) mass is 939 g/mol. The second-order valence-corrected chi connectivity index (χ2v) is 17.4. The molecule has 0 aliphatic heterocycles. The first-order valence-electron chi connectivity index (χ1n) is 27.2. The van der Waals surface area contributed by atoms with Crippen LogP contribution >= 0.6 is 0 Å². The molecular weight excluding hydrogens is 841 g/mol. The SMILES string of the molecule is CC/C=C\C/C=C\C/C=C\C/C=C\C/C=C\CC(=O)OC(COC(=O)CCCCCCC/C=C\C/C=C\CCCC)COC(=O)CCCCCCCCCC/C=C\C/C=C\C/C=C\C/C=C\CC. The van der Waals surface area contributed by atoms with Crippen molar-refractivity contribution in [2.75, 3.05) is 13.2 Å². The molecule has 0 aromatic heterocycles. The van der Waals surface area contributed by atoms with Crippen molar-refractivity contribution in [2.45, 2.75) is 226 Å². The maximum Gasteiger partial charge on any atom is 0.310 e. The first kappa shape index (κ1) is 63.5. The molecule has 0 aromatic rings. The van der Waals surface area contributed by atoms with Gasteiger partial charge in [-0.05, 0) is 109 Å². The van der Waals surface area contributed by atoms with E-state index in [9.17, 15) is 14.4 Å². The van der Waals surface area contributed by atoms with Crippen LogP contribution in [0.5, 0.6) is 0 Å². The molecule has 0 spiro atoms. The van der Waals surface area contributed by atoms with E-state index in [1.165, 1.54) is 51.4 Å². The van der Waals surface area contributed by atoms with Gasteiger partial charge in [-0.1, -0.05) is 225 Å². The topological polar surface area (TPSA) is 78.9 Å². The van der Waals surface area contributed by atoms with Crippen LogP contribution in [-0.2, 0) is 28.6 Å². The zero-order valence-corrected chi connectivity index (χ0v) is 43.6. The van der Waals surface area contributed by atoms with Gasteiger partial charge in [0.15, 0.2) is 6.10 Å². The zero-order chi connectivity index (χ0) is 49.3. The zero-order valence-electron chi connectivity index (χ0n) is 43.6. The van der Waals surface area contributed by atoms with Crippen LogP contribution in [0.4, 0.5) is 0 Å². The number of carbonyl (C=O) groups is 3. The van der Waals surface area contributed by atoms with Crippen LogP contribution in [0.3, 0.4) is 0 Å². The molecule has 0 fully saturated rings. The minimum atomic E-state index is -0.846. The van der Waals surface area contributed by atoms with Gasteiger partial charge in [0.05, 0.1) is 6.42 Å². The van der Waals surface area contributed by atoms with Crippen LogP contribution in [0.25, 0.3) is 0 Å². The summed E-state index contributed by atoms with van der Waals surface area (Å²) < 4.78 is 16.7. The quantitative estimate of drug-likeness (QED) is 0.0262. The highest BCUT2D eigenvalue weighted by atomic mass is 16.6. The van der Waals surface area contributed by atoms with E-state index in [-0.39, 0.29) is 31.6 Å². The van der Waals surface area contributed by atoms with E-state index < -0.39 is 12.1 Å². The number of allylic oxidation sites excluding steroid dienone is 21. The Morgan fingerprint density at radius 1 is 0.324 bits per heavy atom. The highest BCUT2D eigenvalue weighted by molar-refractivity contribution is 5.72. The van der Waals surface area contributed by atoms with Crippen molar-refractivity contribution < 1.29 is 28.6 Å². The van der Waals surface area contributed by atoms with Crippen molar-refractivity contribution >= 4 is 17.9 Å². The molecule has 6 nitrogen and oxygen atoms in total. The summed E-state index contributed by atoms with van der Waals surface area (Å²) in [6, 6.07) is 0. The summed E-state index contributed by atoms with van der Waals surface area (Å²) >= 11 is 0. The summed E-state index contributed by atoms with van der Waals surface area (Å²) in [7, 11) is 0. The number of rotatable bonds is 47. The van der Waals surface area contributed by atoms with Crippen molar-refractivity contribution in [1.82, 2.24) is 0 Å². The van der Waals surface area contributed by atoms with Gasteiger partial charge < -0.3 is 14.2 Å². The van der Waals surface area contributed by atoms with Crippen LogP contribution in [-0.4, -0.2) is 37.2 Å². The average molecular weight is 939 g/mol. The summed E-state index contributed by atoms with van der Waals surface area (Å²) in [5.74, 6) is -1.09. The van der Waals surface area contributed by atoms with Gasteiger partial charge in [0, 0.05) is 12.8 Å². The van der Waals surface area contributed by atoms with Gasteiger partial charge in [0.1, 0.15) is 13.2 Å². The lowest BCUT2D eigenvalue weighted by Crippen LogP contribution is -2.30. The Hall–Kier alpha value is -4.45. The van der Waals surface area contributed by atoms with E-state index in [1.807, 2.05) is 6.08 Å². The standard InChI is InChI=1S/C62H98O6/c1-4-7-10-13-16-19-22-25-28-29-30-31-32-33-35-37-40-43-46-49-52-55-61(64)67-58-59(57-66-60(63)54-51-48-45-42-39-36-27-24-21-18-15-12-9-6-3)68-62(65)56-53-50-47-44-41-38-34-26-23-20-17-14-11-8-5-2/h7-8,10-11,15-20,24-28,30-31,34,41,44,50,53,59H,4-6,9,12-14,21-23,29,32-33,35-40,42-43,45-49,51-52,54-58H2,1-3H3/b10-7-,11-8-,18-15-,19-16-,20-17-,27-24-,28-25-,31-30-,34-26-,44-41-,53-50-. The Kier molecular flexibility index (Phi) is 51.5. The van der Waals surface area contributed by atoms with E-state index >= 15 is 0 Å². The largest absolute Gasteiger partial charge is 0.462 e. The third-order valence-corrected chi connectivity index (χ3v) is 10.9. The average Bonchev–Trinajstić information content (AvgIpc) is 3.34. The molecule has 0 aromatic carbocycles. The van der Waals surface area contributed by atoms with E-state index in [4.69, 9.17) is 14.2 Å². The molecule has 0 bridgehead atoms. The van der Waals surface area contributed by atoms with Crippen molar-refractivity contribution in [3.05, 3.63) is 134 Å². The van der Waals surface area contributed by atoms with Gasteiger partial charge in [-0.15, -0.1) is 0 Å². The van der Waals surface area contributed by atoms with Gasteiger partial charge >= 0.3 is 17.9 Å². The normalized spacial score (nSPS) is 13.2. The molecule has 0 aliphatic rings. The van der Waals surface area contributed by atoms with E-state index in [0.29, 0.717) is 19.3 Å². The molecule has 0 amide bonds. The van der Waals surface area contributed by atoms with Crippen molar-refractivity contribution in [2.24, 2.45) is 0 Å². The molecule has 0 aliphatic carbocycles. The van der Waals surface area contributed by atoms with Crippen molar-refractivity contribution in [3.8, 4) is 0 Å². The Morgan fingerprint density at radius 2 is 0.618 bits per heavy atom. The Bertz CT molecular complexity index is 1500. The van der Waals surface area contributed by atoms with Gasteiger partial charge in [-0.25, -0.2) is 0 Å². The molecule has 0 heterocycles. The maximum atomic E-state index is 12.8. The fourth-order valence-electron chi connectivity index (χ4n) is 6.88. The van der Waals surface area contributed by atoms with Crippen LogP contribution in [0, 0.1) is 0 Å². The number of carbonyl (C=O) groups excluding carboxylic acids is 3. The minimum Gasteiger partial charge on any atom is -0.462 e. The molecule has 0 rings (SSSR count). The van der Waals surface area contributed by atoms with E-state index in [1.54, 1.807) is 6.08 Å². The predicted molar refractivity (Wildman–Crippen MR) is 292 cm³/mol. The molecule has 6 heteroatoms. The fraction of sp³-hybridized carbons (Fsp3) is 0.597. The lowest BCUT2D eigenvalue weighted by molar-refractivity contribution is -0.166. The summed E-state index contributed by atoms with van der Waals surface area (Å²) in [6.45, 7) is 6.25. The van der Waals surface area contributed by atoms with E-state index in [2.05, 4.69) is 142 Å². The molecule has 0 N–H and O–H groups in total. The third kappa shape index (κ3) is 52.5. The number of esters is 3. The smallest absolute Gasteiger partial charge is 0.310 e. The number of hydrogen-bond acceptors (Lipinski definition) is 6. The second kappa shape index (κ2) is 55.1.